The van der Waals surface area contributed by atoms with Gasteiger partial charge in [0.1, 0.15) is 5.69 Å². The quantitative estimate of drug-likeness (QED) is 0.571. The number of azo groups is 1. The molecule has 1 unspecified atom stereocenters. The Balaban J connectivity index is 1.83. The lowest BCUT2D eigenvalue weighted by Gasteiger charge is -2.10. The van der Waals surface area contributed by atoms with Crippen LogP contribution in [0.1, 0.15) is 12.5 Å². The van der Waals surface area contributed by atoms with Gasteiger partial charge in [-0.1, -0.05) is 11.6 Å². The molecular weight excluding hydrogens is 427 g/mol. The number of rotatable bonds is 5. The predicted octanol–water partition coefficient (Wildman–Crippen LogP) is 3.41. The van der Waals surface area contributed by atoms with E-state index in [9.17, 15) is 27.6 Å². The molecule has 1 atom stereocenters. The molecule has 12 heteroatoms. The number of hydrogen-bond donors (Lipinski definition) is 1. The van der Waals surface area contributed by atoms with Gasteiger partial charge in [0.05, 0.1) is 21.3 Å². The second-order valence-electron chi connectivity index (χ2n) is 6.09. The van der Waals surface area contributed by atoms with Gasteiger partial charge < -0.3 is 5.32 Å². The van der Waals surface area contributed by atoms with E-state index >= 15 is 0 Å². The fourth-order valence-electron chi connectivity index (χ4n) is 2.43. The molecule has 0 radical (unpaired) electrons. The van der Waals surface area contributed by atoms with Crippen LogP contribution in [0.4, 0.5) is 29.3 Å². The highest BCUT2D eigenvalue weighted by atomic mass is 35.5. The van der Waals surface area contributed by atoms with Gasteiger partial charge in [-0.15, -0.1) is 0 Å². The van der Waals surface area contributed by atoms with E-state index in [4.69, 9.17) is 11.6 Å². The summed E-state index contributed by atoms with van der Waals surface area (Å²) in [5.74, 6) is -1.58. The van der Waals surface area contributed by atoms with Gasteiger partial charge >= 0.3 is 12.2 Å². The fraction of sp³-hybridized carbons (Fsp3) is 0.167. The van der Waals surface area contributed by atoms with Gasteiger partial charge in [0.15, 0.2) is 5.78 Å². The van der Waals surface area contributed by atoms with Crippen molar-refractivity contribution >= 4 is 40.7 Å². The lowest BCUT2D eigenvalue weighted by molar-refractivity contribution is -0.137. The molecule has 0 aromatic heterocycles. The van der Waals surface area contributed by atoms with Crippen LogP contribution in [-0.2, 0) is 15.8 Å². The number of hydrogen-bond acceptors (Lipinski definition) is 5. The van der Waals surface area contributed by atoms with Crippen molar-refractivity contribution < 1.29 is 27.6 Å². The molecule has 1 aliphatic rings. The molecule has 8 nitrogen and oxygen atoms in total. The largest absolute Gasteiger partial charge is 0.416 e. The van der Waals surface area contributed by atoms with Crippen LogP contribution in [0, 0.1) is 0 Å². The van der Waals surface area contributed by atoms with Gasteiger partial charge in [-0.25, -0.2) is 4.79 Å². The Morgan fingerprint density at radius 3 is 2.47 bits per heavy atom. The average molecular weight is 438 g/mol. The van der Waals surface area contributed by atoms with Gasteiger partial charge in [0.2, 0.25) is 6.04 Å². The van der Waals surface area contributed by atoms with Crippen LogP contribution in [0.5, 0.6) is 0 Å². The third-order valence-corrected chi connectivity index (χ3v) is 4.18. The molecule has 0 fully saturated rings. The molecule has 2 aromatic carbocycles. The van der Waals surface area contributed by atoms with Gasteiger partial charge in [-0.2, -0.15) is 33.4 Å². The number of amides is 3. The van der Waals surface area contributed by atoms with Gasteiger partial charge in [0.25, 0.3) is 5.91 Å². The third kappa shape index (κ3) is 4.74. The number of benzene rings is 2. The predicted molar refractivity (Wildman–Crippen MR) is 98.2 cm³/mol. The van der Waals surface area contributed by atoms with E-state index in [0.717, 1.165) is 19.1 Å². The minimum absolute atomic E-state index is 0.136. The van der Waals surface area contributed by atoms with Gasteiger partial charge in [-0.3, -0.25) is 9.59 Å². The normalized spacial score (nSPS) is 14.1. The molecule has 0 bridgehead atoms. The van der Waals surface area contributed by atoms with E-state index in [2.05, 4.69) is 25.5 Å². The minimum Gasteiger partial charge on any atom is -0.324 e. The molecule has 154 valence electrons. The van der Waals surface area contributed by atoms with E-state index in [1.807, 2.05) is 0 Å². The van der Waals surface area contributed by atoms with Crippen molar-refractivity contribution in [3.63, 3.8) is 0 Å². The van der Waals surface area contributed by atoms with Crippen molar-refractivity contribution in [2.45, 2.75) is 19.1 Å². The number of nitrogens with one attached hydrogen (secondary N) is 1. The lowest BCUT2D eigenvalue weighted by Crippen LogP contribution is -2.32. The molecular formula is C18H11ClF3N5O3. The molecule has 3 rings (SSSR count). The second-order valence-corrected chi connectivity index (χ2v) is 6.50. The zero-order valence-electron chi connectivity index (χ0n) is 15.1. The van der Waals surface area contributed by atoms with Crippen LogP contribution in [0.2, 0.25) is 5.02 Å². The summed E-state index contributed by atoms with van der Waals surface area (Å²) in [6, 6.07) is 4.37. The van der Waals surface area contributed by atoms with Crippen molar-refractivity contribution in [3.05, 3.63) is 57.7 Å². The molecule has 1 heterocycles. The summed E-state index contributed by atoms with van der Waals surface area (Å²) >= 11 is 5.83. The minimum atomic E-state index is -4.63. The van der Waals surface area contributed by atoms with E-state index < -0.39 is 35.5 Å². The standard InChI is InChI=1S/C18H11ClF3N5O3/c1-8(28)15(27-26-13-6-9(18(20,21)22)2-4-11(13)19)16(29)23-10-3-5-12-14(7-10)25-17(30)24-12/h2-7,15H,1H3,(H,23,29). The van der Waals surface area contributed by atoms with E-state index in [1.54, 1.807) is 0 Å². The van der Waals surface area contributed by atoms with Crippen molar-refractivity contribution in [2.75, 3.05) is 5.32 Å². The van der Waals surface area contributed by atoms with Crippen molar-refractivity contribution in [1.82, 2.24) is 0 Å². The van der Waals surface area contributed by atoms with E-state index in [-0.39, 0.29) is 21.8 Å². The Hall–Kier alpha value is -3.47. The Bertz CT molecular complexity index is 1210. The molecule has 0 spiro atoms. The Morgan fingerprint density at radius 2 is 1.80 bits per heavy atom. The first kappa shape index (κ1) is 21.2. The first-order valence-electron chi connectivity index (χ1n) is 8.25. The van der Waals surface area contributed by atoms with Crippen molar-refractivity contribution in [1.29, 1.82) is 0 Å². The molecule has 2 aromatic rings. The molecule has 30 heavy (non-hydrogen) atoms. The number of anilines is 1. The first-order valence-corrected chi connectivity index (χ1v) is 8.63. The Kier molecular flexibility index (Phi) is 5.74. The molecule has 1 aliphatic heterocycles. The topological polar surface area (TPSA) is 113 Å². The number of ketones is 1. The number of Topliss-reactive ketones (excluding diaryl/α,β-unsaturated/α-hetero) is 1. The van der Waals surface area contributed by atoms with Crippen LogP contribution < -0.4 is 16.0 Å². The number of fused-ring (bicyclic) bond motifs is 1. The van der Waals surface area contributed by atoms with E-state index in [0.29, 0.717) is 11.4 Å². The highest BCUT2D eigenvalue weighted by Gasteiger charge is 2.31. The second kappa shape index (κ2) is 8.11. The van der Waals surface area contributed by atoms with E-state index in [1.165, 1.54) is 18.2 Å². The summed E-state index contributed by atoms with van der Waals surface area (Å²) in [6.45, 7) is 1.08. The fourth-order valence-corrected chi connectivity index (χ4v) is 2.59. The van der Waals surface area contributed by atoms with Crippen LogP contribution in [0.15, 0.2) is 56.6 Å². The summed E-state index contributed by atoms with van der Waals surface area (Å²) < 4.78 is 38.5. The Labute approximate surface area is 171 Å². The van der Waals surface area contributed by atoms with Crippen LogP contribution in [0.3, 0.4) is 0 Å². The summed E-state index contributed by atoms with van der Waals surface area (Å²) in [5.41, 5.74) is -1.14. The lowest BCUT2D eigenvalue weighted by atomic mass is 10.2. The maximum absolute atomic E-state index is 12.8. The number of nitrogens with zero attached hydrogens (tertiary/aromatic N) is 4. The molecule has 1 N–H and O–H groups in total. The summed E-state index contributed by atoms with van der Waals surface area (Å²) in [7, 11) is 0. The summed E-state index contributed by atoms with van der Waals surface area (Å²) in [4.78, 5) is 42.7. The molecule has 0 saturated carbocycles. The van der Waals surface area contributed by atoms with Crippen LogP contribution >= 0.6 is 11.6 Å². The number of carbonyl (C=O) groups excluding carboxylic acids is 3. The average Bonchev–Trinajstić information content (AvgIpc) is 3.01. The summed E-state index contributed by atoms with van der Waals surface area (Å²) in [6.07, 6.45) is -4.63. The molecule has 0 saturated heterocycles. The zero-order valence-corrected chi connectivity index (χ0v) is 15.8. The number of halogens is 4. The number of carbonyl (C=O) groups is 3. The third-order valence-electron chi connectivity index (χ3n) is 3.86. The number of alkyl halides is 3. The van der Waals surface area contributed by atoms with Crippen molar-refractivity contribution in [3.8, 4) is 0 Å². The Morgan fingerprint density at radius 1 is 1.10 bits per heavy atom. The maximum Gasteiger partial charge on any atom is 0.416 e. The first-order chi connectivity index (χ1) is 14.0. The number of urea groups is 1. The van der Waals surface area contributed by atoms with Gasteiger partial charge in [0, 0.05) is 5.69 Å². The van der Waals surface area contributed by atoms with Gasteiger partial charge in [-0.05, 0) is 43.3 Å². The van der Waals surface area contributed by atoms with Crippen LogP contribution in [0.25, 0.3) is 0 Å². The maximum atomic E-state index is 12.8. The highest BCUT2D eigenvalue weighted by Crippen LogP contribution is 2.35. The molecule has 3 amide bonds. The smallest absolute Gasteiger partial charge is 0.324 e. The zero-order chi connectivity index (χ0) is 22.1. The van der Waals surface area contributed by atoms with Crippen LogP contribution in [-0.4, -0.2) is 23.8 Å². The van der Waals surface area contributed by atoms with Crippen molar-refractivity contribution in [2.24, 2.45) is 20.2 Å². The summed E-state index contributed by atoms with van der Waals surface area (Å²) in [5, 5.41) is 10.00. The SMILES string of the molecule is CC(=O)C(N=Nc1cc(C(F)(F)F)ccc1Cl)C(=O)Nc1ccc2c(c1)=NC(=O)N=2. The monoisotopic (exact) mass is 437 g/mol. The molecule has 0 aliphatic carbocycles. The highest BCUT2D eigenvalue weighted by molar-refractivity contribution is 6.33.